The first-order valence-electron chi connectivity index (χ1n) is 11.1. The van der Waals surface area contributed by atoms with Gasteiger partial charge in [-0.3, -0.25) is 9.36 Å². The van der Waals surface area contributed by atoms with E-state index in [0.29, 0.717) is 33.2 Å². The van der Waals surface area contributed by atoms with Crippen molar-refractivity contribution in [3.8, 4) is 17.2 Å². The zero-order valence-electron chi connectivity index (χ0n) is 20.0. The van der Waals surface area contributed by atoms with Crippen LogP contribution >= 0.6 is 23.4 Å². The number of halogens is 1. The third-order valence-corrected chi connectivity index (χ3v) is 6.39. The Hall–Kier alpha value is -4.02. The van der Waals surface area contributed by atoms with Gasteiger partial charge in [-0.15, -0.1) is 10.2 Å². The number of carbonyl (C=O) groups excluding carboxylic acids is 2. The number of ether oxygens (including phenoxy) is 3. The van der Waals surface area contributed by atoms with Crippen LogP contribution in [0, 0.1) is 0 Å². The van der Waals surface area contributed by atoms with Crippen molar-refractivity contribution in [1.82, 2.24) is 14.8 Å². The van der Waals surface area contributed by atoms with Gasteiger partial charge in [0.1, 0.15) is 6.61 Å². The summed E-state index contributed by atoms with van der Waals surface area (Å²) >= 11 is 7.40. The zero-order chi connectivity index (χ0) is 26.2. The molecule has 1 N–H and O–H groups in total. The molecule has 0 bridgehead atoms. The van der Waals surface area contributed by atoms with E-state index in [1.54, 1.807) is 7.11 Å². The molecular weight excluding hydrogens is 516 g/mol. The topological polar surface area (TPSA) is 105 Å². The number of anilines is 1. The number of methoxy groups -OCH3 is 2. The highest BCUT2D eigenvalue weighted by Gasteiger charge is 2.18. The third-order valence-electron chi connectivity index (χ3n) is 5.13. The summed E-state index contributed by atoms with van der Waals surface area (Å²) in [7, 11) is 2.86. The maximum Gasteiger partial charge on any atom is 0.337 e. The smallest absolute Gasteiger partial charge is 0.337 e. The van der Waals surface area contributed by atoms with Gasteiger partial charge in [0.05, 0.1) is 36.2 Å². The van der Waals surface area contributed by atoms with Crippen LogP contribution in [0.4, 0.5) is 5.69 Å². The van der Waals surface area contributed by atoms with Gasteiger partial charge in [-0.1, -0.05) is 53.7 Å². The van der Waals surface area contributed by atoms with Crippen molar-refractivity contribution < 1.29 is 23.8 Å². The maximum atomic E-state index is 12.7. The second-order valence-electron chi connectivity index (χ2n) is 7.53. The van der Waals surface area contributed by atoms with Gasteiger partial charge in [-0.25, -0.2) is 4.79 Å². The van der Waals surface area contributed by atoms with Crippen molar-refractivity contribution in [3.05, 3.63) is 89.2 Å². The van der Waals surface area contributed by atoms with Crippen LogP contribution < -0.4 is 14.8 Å². The van der Waals surface area contributed by atoms with E-state index in [1.165, 1.54) is 37.1 Å². The molecule has 0 saturated heterocycles. The third kappa shape index (κ3) is 6.41. The molecular formula is C26H23ClN4O5S. The average Bonchev–Trinajstić information content (AvgIpc) is 3.34. The van der Waals surface area contributed by atoms with Gasteiger partial charge in [0.2, 0.25) is 5.91 Å². The highest BCUT2D eigenvalue weighted by molar-refractivity contribution is 7.99. The van der Waals surface area contributed by atoms with E-state index in [1.807, 2.05) is 59.2 Å². The first-order chi connectivity index (χ1) is 18.0. The number of hydrogen-bond donors (Lipinski definition) is 1. The van der Waals surface area contributed by atoms with E-state index in [4.69, 9.17) is 25.8 Å². The molecule has 1 heterocycles. The molecule has 0 aliphatic carbocycles. The Morgan fingerprint density at radius 3 is 2.43 bits per heavy atom. The number of rotatable bonds is 10. The second kappa shape index (κ2) is 12.3. The molecule has 37 heavy (non-hydrogen) atoms. The maximum absolute atomic E-state index is 12.7. The first-order valence-corrected chi connectivity index (χ1v) is 12.4. The van der Waals surface area contributed by atoms with E-state index in [9.17, 15) is 9.59 Å². The molecule has 0 aliphatic rings. The molecule has 4 aromatic rings. The Kier molecular flexibility index (Phi) is 8.65. The molecule has 190 valence electrons. The van der Waals surface area contributed by atoms with Crippen molar-refractivity contribution in [2.75, 3.05) is 25.3 Å². The van der Waals surface area contributed by atoms with Gasteiger partial charge in [0.15, 0.2) is 22.5 Å². The van der Waals surface area contributed by atoms with Crippen molar-refractivity contribution in [2.24, 2.45) is 0 Å². The fourth-order valence-corrected chi connectivity index (χ4v) is 4.32. The zero-order valence-corrected chi connectivity index (χ0v) is 21.6. The lowest BCUT2D eigenvalue weighted by atomic mass is 10.2. The highest BCUT2D eigenvalue weighted by atomic mass is 35.5. The highest BCUT2D eigenvalue weighted by Crippen LogP contribution is 2.28. The molecule has 0 saturated carbocycles. The molecule has 11 heteroatoms. The summed E-state index contributed by atoms with van der Waals surface area (Å²) in [4.78, 5) is 24.5. The number of aromatic nitrogens is 3. The summed E-state index contributed by atoms with van der Waals surface area (Å²) in [6.07, 6.45) is 0. The number of nitrogens with zero attached hydrogens (tertiary/aromatic N) is 3. The summed E-state index contributed by atoms with van der Waals surface area (Å²) in [6.45, 7) is 0.130. The second-order valence-corrected chi connectivity index (χ2v) is 8.88. The quantitative estimate of drug-likeness (QED) is 0.221. The molecule has 0 atom stereocenters. The van der Waals surface area contributed by atoms with Crippen LogP contribution in [0.1, 0.15) is 16.2 Å². The lowest BCUT2D eigenvalue weighted by Crippen LogP contribution is -2.15. The van der Waals surface area contributed by atoms with E-state index in [2.05, 4.69) is 15.5 Å². The number of carbonyl (C=O) groups is 2. The molecule has 3 aromatic carbocycles. The van der Waals surface area contributed by atoms with Crippen LogP contribution in [0.25, 0.3) is 5.69 Å². The lowest BCUT2D eigenvalue weighted by molar-refractivity contribution is -0.113. The Bertz CT molecular complexity index is 1400. The summed E-state index contributed by atoms with van der Waals surface area (Å²) in [5.74, 6) is 0.899. The molecule has 0 spiro atoms. The van der Waals surface area contributed by atoms with Crippen LogP contribution in [0.2, 0.25) is 5.02 Å². The van der Waals surface area contributed by atoms with Crippen LogP contribution in [0.3, 0.4) is 0 Å². The molecule has 0 unspecified atom stereocenters. The van der Waals surface area contributed by atoms with Crippen LogP contribution in [-0.4, -0.2) is 46.6 Å². The van der Waals surface area contributed by atoms with Crippen molar-refractivity contribution >= 4 is 40.9 Å². The summed E-state index contributed by atoms with van der Waals surface area (Å²) < 4.78 is 17.9. The van der Waals surface area contributed by atoms with E-state index in [-0.39, 0.29) is 23.8 Å². The fraction of sp³-hybridized carbons (Fsp3) is 0.154. The monoisotopic (exact) mass is 538 g/mol. The normalized spacial score (nSPS) is 10.6. The fourth-order valence-electron chi connectivity index (χ4n) is 3.39. The van der Waals surface area contributed by atoms with Gasteiger partial charge in [-0.05, 0) is 42.5 Å². The number of hydrogen-bond acceptors (Lipinski definition) is 8. The van der Waals surface area contributed by atoms with Gasteiger partial charge >= 0.3 is 5.97 Å². The SMILES string of the molecule is COC(=O)c1ccc(Cl)c(NC(=O)CSc2nnc(COc3ccccc3OC)n2-c2ccccc2)c1. The van der Waals surface area contributed by atoms with E-state index >= 15 is 0 Å². The number of para-hydroxylation sites is 3. The minimum atomic E-state index is -0.527. The van der Waals surface area contributed by atoms with E-state index < -0.39 is 5.97 Å². The molecule has 0 fully saturated rings. The minimum Gasteiger partial charge on any atom is -0.493 e. The predicted octanol–water partition coefficient (Wildman–Crippen LogP) is 5.03. The number of esters is 1. The molecule has 1 aromatic heterocycles. The lowest BCUT2D eigenvalue weighted by Gasteiger charge is -2.13. The standard InChI is InChI=1S/C26H23ClN4O5S/c1-34-21-10-6-7-11-22(21)36-15-23-29-30-26(31(23)18-8-4-3-5-9-18)37-16-24(32)28-20-14-17(25(33)35-2)12-13-19(20)27/h3-14H,15-16H2,1-2H3,(H,28,32). The van der Waals surface area contributed by atoms with Crippen LogP contribution in [0.5, 0.6) is 11.5 Å². The molecule has 1 amide bonds. The molecule has 0 aliphatic heterocycles. The van der Waals surface area contributed by atoms with Gasteiger partial charge in [0.25, 0.3) is 0 Å². The Balaban J connectivity index is 1.50. The summed E-state index contributed by atoms with van der Waals surface area (Å²) in [6, 6.07) is 21.4. The predicted molar refractivity (Wildman–Crippen MR) is 141 cm³/mol. The summed E-state index contributed by atoms with van der Waals surface area (Å²) in [5.41, 5.74) is 1.41. The minimum absolute atomic E-state index is 0.0249. The Morgan fingerprint density at radius 1 is 0.973 bits per heavy atom. The molecule has 9 nitrogen and oxygen atoms in total. The van der Waals surface area contributed by atoms with Crippen LogP contribution in [0.15, 0.2) is 78.0 Å². The Morgan fingerprint density at radius 2 is 1.70 bits per heavy atom. The van der Waals surface area contributed by atoms with Crippen molar-refractivity contribution in [2.45, 2.75) is 11.8 Å². The number of thioether (sulfide) groups is 1. The van der Waals surface area contributed by atoms with Gasteiger partial charge < -0.3 is 19.5 Å². The van der Waals surface area contributed by atoms with Gasteiger partial charge in [0, 0.05) is 5.69 Å². The number of amides is 1. The van der Waals surface area contributed by atoms with Crippen molar-refractivity contribution in [1.29, 1.82) is 0 Å². The molecule has 4 rings (SSSR count). The Labute approximate surface area is 222 Å². The van der Waals surface area contributed by atoms with Gasteiger partial charge in [-0.2, -0.15) is 0 Å². The number of nitrogens with one attached hydrogen (secondary N) is 1. The van der Waals surface area contributed by atoms with E-state index in [0.717, 1.165) is 5.69 Å². The van der Waals surface area contributed by atoms with Crippen molar-refractivity contribution in [3.63, 3.8) is 0 Å². The molecule has 0 radical (unpaired) electrons. The summed E-state index contributed by atoms with van der Waals surface area (Å²) in [5, 5.41) is 12.1. The van der Waals surface area contributed by atoms with Crippen LogP contribution in [-0.2, 0) is 16.1 Å². The largest absolute Gasteiger partial charge is 0.493 e. The average molecular weight is 539 g/mol. The number of benzene rings is 3. The first kappa shape index (κ1) is 26.1.